The fraction of sp³-hybridized carbons (Fsp3) is 0.625. The number of rotatable bonds is 9. The Balaban J connectivity index is 2.71. The summed E-state index contributed by atoms with van der Waals surface area (Å²) in [7, 11) is 0. The Morgan fingerprint density at radius 1 is 1.16 bits per heavy atom. The summed E-state index contributed by atoms with van der Waals surface area (Å²) in [6, 6.07) is 6.64. The highest BCUT2D eigenvalue weighted by molar-refractivity contribution is 5.28. The van der Waals surface area contributed by atoms with Gasteiger partial charge in [0.05, 0.1) is 6.61 Å². The standard InChI is InChI=1S/C16H26FNO/c1-2-3-4-5-8-11-16(12-18,13-19)14-9-6-7-10-15(14)17/h6-7,9-10,19H,2-5,8,11-13,18H2,1H3. The molecule has 0 heterocycles. The molecule has 0 spiro atoms. The molecule has 1 rings (SSSR count). The van der Waals surface area contributed by atoms with Crippen LogP contribution in [0.1, 0.15) is 51.0 Å². The van der Waals surface area contributed by atoms with Gasteiger partial charge in [-0.3, -0.25) is 0 Å². The monoisotopic (exact) mass is 267 g/mol. The lowest BCUT2D eigenvalue weighted by Gasteiger charge is -2.31. The minimum atomic E-state index is -0.627. The van der Waals surface area contributed by atoms with Gasteiger partial charge in [-0.05, 0) is 18.1 Å². The number of unbranched alkanes of at least 4 members (excludes halogenated alkanes) is 4. The maximum Gasteiger partial charge on any atom is 0.127 e. The third kappa shape index (κ3) is 4.29. The van der Waals surface area contributed by atoms with Crippen molar-refractivity contribution in [1.82, 2.24) is 0 Å². The van der Waals surface area contributed by atoms with Gasteiger partial charge in [0.15, 0.2) is 0 Å². The van der Waals surface area contributed by atoms with Crippen molar-refractivity contribution in [2.75, 3.05) is 13.2 Å². The molecule has 0 aromatic heterocycles. The summed E-state index contributed by atoms with van der Waals surface area (Å²) in [4.78, 5) is 0. The highest BCUT2D eigenvalue weighted by Gasteiger charge is 2.31. The van der Waals surface area contributed by atoms with E-state index < -0.39 is 5.41 Å². The zero-order valence-electron chi connectivity index (χ0n) is 11.9. The van der Waals surface area contributed by atoms with Crippen molar-refractivity contribution in [3.05, 3.63) is 35.6 Å². The first kappa shape index (κ1) is 16.1. The summed E-state index contributed by atoms with van der Waals surface area (Å²) >= 11 is 0. The average Bonchev–Trinajstić information content (AvgIpc) is 2.44. The summed E-state index contributed by atoms with van der Waals surface area (Å²) in [5, 5.41) is 9.71. The van der Waals surface area contributed by atoms with Crippen molar-refractivity contribution < 1.29 is 9.50 Å². The minimum Gasteiger partial charge on any atom is -0.395 e. The smallest absolute Gasteiger partial charge is 0.127 e. The number of hydrogen-bond donors (Lipinski definition) is 2. The molecule has 1 aromatic rings. The maximum absolute atomic E-state index is 13.9. The lowest BCUT2D eigenvalue weighted by Crippen LogP contribution is -2.39. The first-order valence-corrected chi connectivity index (χ1v) is 7.26. The Bertz CT molecular complexity index is 364. The van der Waals surface area contributed by atoms with Gasteiger partial charge in [0, 0.05) is 12.0 Å². The summed E-state index contributed by atoms with van der Waals surface area (Å²) < 4.78 is 13.9. The van der Waals surface area contributed by atoms with Gasteiger partial charge in [-0.15, -0.1) is 0 Å². The Hall–Kier alpha value is -0.930. The summed E-state index contributed by atoms with van der Waals surface area (Å²) in [5.41, 5.74) is 5.76. The Labute approximate surface area is 115 Å². The highest BCUT2D eigenvalue weighted by atomic mass is 19.1. The quantitative estimate of drug-likeness (QED) is 0.674. The van der Waals surface area contributed by atoms with Gasteiger partial charge >= 0.3 is 0 Å². The van der Waals surface area contributed by atoms with Gasteiger partial charge < -0.3 is 10.8 Å². The Morgan fingerprint density at radius 3 is 2.42 bits per heavy atom. The molecule has 3 N–H and O–H groups in total. The maximum atomic E-state index is 13.9. The van der Waals surface area contributed by atoms with Gasteiger partial charge in [0.25, 0.3) is 0 Å². The van der Waals surface area contributed by atoms with Crippen LogP contribution in [0.15, 0.2) is 24.3 Å². The fourth-order valence-corrected chi connectivity index (χ4v) is 2.53. The molecule has 2 nitrogen and oxygen atoms in total. The van der Waals surface area contributed by atoms with Crippen molar-refractivity contribution in [3.8, 4) is 0 Å². The van der Waals surface area contributed by atoms with Gasteiger partial charge in [-0.2, -0.15) is 0 Å². The first-order valence-electron chi connectivity index (χ1n) is 7.26. The largest absolute Gasteiger partial charge is 0.395 e. The molecule has 0 bridgehead atoms. The number of aliphatic hydroxyl groups is 1. The van der Waals surface area contributed by atoms with Crippen LogP contribution in [0.4, 0.5) is 4.39 Å². The molecule has 0 saturated heterocycles. The second-order valence-electron chi connectivity index (χ2n) is 5.29. The lowest BCUT2D eigenvalue weighted by atomic mass is 9.76. The van der Waals surface area contributed by atoms with E-state index in [1.165, 1.54) is 25.3 Å². The van der Waals surface area contributed by atoms with Crippen molar-refractivity contribution >= 4 is 0 Å². The van der Waals surface area contributed by atoms with E-state index in [4.69, 9.17) is 5.73 Å². The number of benzene rings is 1. The normalized spacial score (nSPS) is 14.3. The molecule has 108 valence electrons. The molecule has 1 atom stereocenters. The van der Waals surface area contributed by atoms with Crippen molar-refractivity contribution in [3.63, 3.8) is 0 Å². The molecular formula is C16H26FNO. The summed E-state index contributed by atoms with van der Waals surface area (Å²) in [5.74, 6) is -0.268. The molecule has 0 radical (unpaired) electrons. The highest BCUT2D eigenvalue weighted by Crippen LogP contribution is 2.31. The SMILES string of the molecule is CCCCCCCC(CN)(CO)c1ccccc1F. The van der Waals surface area contributed by atoms with E-state index in [2.05, 4.69) is 6.92 Å². The molecule has 0 saturated carbocycles. The van der Waals surface area contributed by atoms with Crippen LogP contribution in [0.2, 0.25) is 0 Å². The molecule has 1 unspecified atom stereocenters. The predicted molar refractivity (Wildman–Crippen MR) is 77.6 cm³/mol. The van der Waals surface area contributed by atoms with Gasteiger partial charge in [0.2, 0.25) is 0 Å². The van der Waals surface area contributed by atoms with Crippen LogP contribution in [-0.2, 0) is 5.41 Å². The molecule has 0 aliphatic carbocycles. The van der Waals surface area contributed by atoms with E-state index in [-0.39, 0.29) is 19.0 Å². The van der Waals surface area contributed by atoms with Crippen LogP contribution < -0.4 is 5.73 Å². The van der Waals surface area contributed by atoms with Gasteiger partial charge in [-0.1, -0.05) is 57.2 Å². The van der Waals surface area contributed by atoms with E-state index >= 15 is 0 Å². The first-order chi connectivity index (χ1) is 9.20. The van der Waals surface area contributed by atoms with Crippen LogP contribution in [0, 0.1) is 5.82 Å². The Morgan fingerprint density at radius 2 is 1.84 bits per heavy atom. The summed E-state index contributed by atoms with van der Waals surface area (Å²) in [6.45, 7) is 2.35. The third-order valence-corrected chi connectivity index (χ3v) is 3.90. The van der Waals surface area contributed by atoms with Crippen molar-refractivity contribution in [1.29, 1.82) is 0 Å². The average molecular weight is 267 g/mol. The molecule has 0 aliphatic heterocycles. The van der Waals surface area contributed by atoms with Gasteiger partial charge in [0.1, 0.15) is 5.82 Å². The molecule has 1 aromatic carbocycles. The number of nitrogens with two attached hydrogens (primary N) is 1. The zero-order chi connectivity index (χ0) is 14.1. The van der Waals surface area contributed by atoms with Crippen LogP contribution in [0.25, 0.3) is 0 Å². The van der Waals surface area contributed by atoms with E-state index in [1.807, 2.05) is 0 Å². The lowest BCUT2D eigenvalue weighted by molar-refractivity contribution is 0.181. The molecule has 3 heteroatoms. The molecule has 0 aliphatic rings. The number of aliphatic hydroxyl groups excluding tert-OH is 1. The van der Waals surface area contributed by atoms with E-state index in [0.29, 0.717) is 5.56 Å². The zero-order valence-corrected chi connectivity index (χ0v) is 11.9. The van der Waals surface area contributed by atoms with Crippen LogP contribution in [0.5, 0.6) is 0 Å². The molecule has 0 amide bonds. The second-order valence-corrected chi connectivity index (χ2v) is 5.29. The fourth-order valence-electron chi connectivity index (χ4n) is 2.53. The van der Waals surface area contributed by atoms with Crippen LogP contribution >= 0.6 is 0 Å². The second kappa shape index (κ2) is 8.28. The van der Waals surface area contributed by atoms with Crippen LogP contribution in [0.3, 0.4) is 0 Å². The third-order valence-electron chi connectivity index (χ3n) is 3.90. The van der Waals surface area contributed by atoms with Crippen molar-refractivity contribution in [2.45, 2.75) is 50.9 Å². The van der Waals surface area contributed by atoms with E-state index in [0.717, 1.165) is 19.3 Å². The topological polar surface area (TPSA) is 46.2 Å². The van der Waals surface area contributed by atoms with E-state index in [9.17, 15) is 9.50 Å². The van der Waals surface area contributed by atoms with Crippen LogP contribution in [-0.4, -0.2) is 18.3 Å². The number of halogens is 1. The van der Waals surface area contributed by atoms with E-state index in [1.54, 1.807) is 18.2 Å². The summed E-state index contributed by atoms with van der Waals surface area (Å²) in [6.07, 6.45) is 6.46. The predicted octanol–water partition coefficient (Wildman–Crippen LogP) is 3.38. The minimum absolute atomic E-state index is 0.0990. The number of hydrogen-bond acceptors (Lipinski definition) is 2. The van der Waals surface area contributed by atoms with Crippen molar-refractivity contribution in [2.24, 2.45) is 5.73 Å². The Kier molecular flexibility index (Phi) is 7.03. The van der Waals surface area contributed by atoms with Gasteiger partial charge in [-0.25, -0.2) is 4.39 Å². The molecule has 19 heavy (non-hydrogen) atoms. The molecular weight excluding hydrogens is 241 g/mol. The molecule has 0 fully saturated rings.